The summed E-state index contributed by atoms with van der Waals surface area (Å²) < 4.78 is 124. The van der Waals surface area contributed by atoms with Crippen LogP contribution in [0.4, 0.5) is 30.7 Å². The number of amides is 1. The Hall–Kier alpha value is -2.67. The van der Waals surface area contributed by atoms with E-state index in [2.05, 4.69) is 0 Å². The number of carbonyl (C=O) groups is 2. The average Bonchev–Trinajstić information content (AvgIpc) is 3.36. The summed E-state index contributed by atoms with van der Waals surface area (Å²) in [4.78, 5) is 27.3. The lowest BCUT2D eigenvalue weighted by Crippen LogP contribution is -2.55. The van der Waals surface area contributed by atoms with Crippen LogP contribution in [0, 0.1) is 11.3 Å². The number of aryl methyl sites for hydroxylation is 1. The standard InChI is InChI=1S/C31H31ClF7NO4S/c1-18(41)19-10-12-27(2,13-11-19)26(42)40-15-14-28(45(43,44)23-5-3-4-22(32)17-23)24-8-7-21(16-20(24)6-9-25(28)40)29(33,30(34,35)36)31(37,38)39/h3-5,7-8,16-17,19,25H,6,9-15H2,1-2H3/t19-,25?,27-,28?. The third kappa shape index (κ3) is 5.07. The molecular weight excluding hydrogens is 651 g/mol. The van der Waals surface area contributed by atoms with Gasteiger partial charge in [0.2, 0.25) is 5.91 Å². The highest BCUT2D eigenvalue weighted by Crippen LogP contribution is 2.57. The van der Waals surface area contributed by atoms with Crippen molar-refractivity contribution in [2.45, 2.75) is 92.5 Å². The number of hydrogen-bond donors (Lipinski definition) is 0. The van der Waals surface area contributed by atoms with Crippen molar-refractivity contribution in [3.63, 3.8) is 0 Å². The highest BCUT2D eigenvalue weighted by atomic mass is 35.5. The molecular formula is C31H31ClF7NO4S. The topological polar surface area (TPSA) is 71.5 Å². The Morgan fingerprint density at radius 1 is 0.911 bits per heavy atom. The minimum atomic E-state index is -6.34. The van der Waals surface area contributed by atoms with Gasteiger partial charge in [-0.25, -0.2) is 12.8 Å². The molecule has 3 aliphatic rings. The molecule has 1 amide bonds. The molecule has 2 atom stereocenters. The van der Waals surface area contributed by atoms with E-state index >= 15 is 4.39 Å². The summed E-state index contributed by atoms with van der Waals surface area (Å²) in [5.74, 6) is -0.484. The molecule has 0 N–H and O–H groups in total. The van der Waals surface area contributed by atoms with Crippen molar-refractivity contribution in [2.75, 3.05) is 6.54 Å². The van der Waals surface area contributed by atoms with Gasteiger partial charge in [0.15, 0.2) is 9.84 Å². The minimum Gasteiger partial charge on any atom is -0.337 e. The zero-order valence-electron chi connectivity index (χ0n) is 24.4. The lowest BCUT2D eigenvalue weighted by Gasteiger charge is -2.45. The summed E-state index contributed by atoms with van der Waals surface area (Å²) in [5.41, 5.74) is -8.53. The van der Waals surface area contributed by atoms with Crippen molar-refractivity contribution in [1.29, 1.82) is 0 Å². The Morgan fingerprint density at radius 2 is 1.53 bits per heavy atom. The molecule has 1 saturated carbocycles. The molecule has 1 aliphatic heterocycles. The molecule has 2 unspecified atom stereocenters. The molecule has 1 saturated heterocycles. The number of nitrogens with zero attached hydrogens (tertiary/aromatic N) is 1. The fourth-order valence-corrected chi connectivity index (χ4v) is 10.2. The number of Topliss-reactive ketones (excluding diaryl/α,β-unsaturated/α-hetero) is 1. The Kier molecular flexibility index (Phi) is 8.20. The summed E-state index contributed by atoms with van der Waals surface area (Å²) >= 11 is 6.11. The van der Waals surface area contributed by atoms with Crippen LogP contribution in [0.3, 0.4) is 0 Å². The molecule has 5 rings (SSSR count). The van der Waals surface area contributed by atoms with Gasteiger partial charge in [0, 0.05) is 28.5 Å². The van der Waals surface area contributed by atoms with Crippen LogP contribution in [0.15, 0.2) is 47.4 Å². The van der Waals surface area contributed by atoms with E-state index in [1.165, 1.54) is 36.1 Å². The van der Waals surface area contributed by atoms with Gasteiger partial charge in [-0.3, -0.25) is 9.59 Å². The Bertz CT molecular complexity index is 1620. The number of alkyl halides is 7. The molecule has 45 heavy (non-hydrogen) atoms. The molecule has 2 aromatic carbocycles. The van der Waals surface area contributed by atoms with E-state index in [0.717, 1.165) is 6.07 Å². The highest BCUT2D eigenvalue weighted by molar-refractivity contribution is 7.92. The molecule has 2 aromatic rings. The van der Waals surface area contributed by atoms with Crippen LogP contribution in [0.25, 0.3) is 0 Å². The van der Waals surface area contributed by atoms with Crippen LogP contribution in [0.2, 0.25) is 5.02 Å². The molecule has 2 aliphatic carbocycles. The van der Waals surface area contributed by atoms with Crippen molar-refractivity contribution in [3.8, 4) is 0 Å². The third-order valence-corrected chi connectivity index (χ3v) is 12.9. The second kappa shape index (κ2) is 11.0. The summed E-state index contributed by atoms with van der Waals surface area (Å²) in [6.45, 7) is 3.20. The number of sulfone groups is 1. The lowest BCUT2D eigenvalue weighted by molar-refractivity contribution is -0.348. The number of carbonyl (C=O) groups excluding carboxylic acids is 2. The molecule has 246 valence electrons. The predicted octanol–water partition coefficient (Wildman–Crippen LogP) is 7.63. The zero-order valence-corrected chi connectivity index (χ0v) is 25.9. The molecule has 14 heteroatoms. The van der Waals surface area contributed by atoms with Gasteiger partial charge in [-0.2, -0.15) is 26.3 Å². The van der Waals surface area contributed by atoms with Crippen LogP contribution in [-0.4, -0.2) is 49.9 Å². The molecule has 0 radical (unpaired) electrons. The second-order valence-electron chi connectivity index (χ2n) is 12.6. The fourth-order valence-electron chi connectivity index (χ4n) is 7.54. The minimum absolute atomic E-state index is 0.0221. The van der Waals surface area contributed by atoms with Crippen LogP contribution in [-0.2, 0) is 36.3 Å². The SMILES string of the molecule is CC(=O)[C@H]1CC[C@](C)(C(=O)N2CCC3(S(=O)(=O)c4cccc(Cl)c4)c4ccc(C(F)(C(F)(F)F)C(F)(F)F)cc4CCC23)CC1. The quantitative estimate of drug-likeness (QED) is 0.305. The molecule has 0 aromatic heterocycles. The van der Waals surface area contributed by atoms with Crippen LogP contribution in [0.5, 0.6) is 0 Å². The first-order valence-corrected chi connectivity index (χ1v) is 16.3. The maximum Gasteiger partial charge on any atom is 0.435 e. The normalized spacial score (nSPS) is 27.6. The first kappa shape index (κ1) is 33.7. The van der Waals surface area contributed by atoms with Crippen molar-refractivity contribution in [2.24, 2.45) is 11.3 Å². The Labute approximate surface area is 261 Å². The van der Waals surface area contributed by atoms with Gasteiger partial charge in [-0.1, -0.05) is 42.8 Å². The smallest absolute Gasteiger partial charge is 0.337 e. The first-order valence-electron chi connectivity index (χ1n) is 14.5. The van der Waals surface area contributed by atoms with Gasteiger partial charge in [-0.05, 0) is 81.2 Å². The number of benzene rings is 2. The maximum atomic E-state index is 15.1. The maximum absolute atomic E-state index is 15.1. The average molecular weight is 682 g/mol. The number of hydrogen-bond acceptors (Lipinski definition) is 4. The molecule has 0 bridgehead atoms. The summed E-state index contributed by atoms with van der Waals surface area (Å²) in [6, 6.07) is 5.92. The summed E-state index contributed by atoms with van der Waals surface area (Å²) in [5, 5.41) is 0.0774. The highest BCUT2D eigenvalue weighted by Gasteiger charge is 2.74. The first-order chi connectivity index (χ1) is 20.7. The van der Waals surface area contributed by atoms with Gasteiger partial charge in [0.1, 0.15) is 10.5 Å². The van der Waals surface area contributed by atoms with Crippen LogP contribution >= 0.6 is 11.6 Å². The van der Waals surface area contributed by atoms with Crippen LogP contribution in [0.1, 0.15) is 69.1 Å². The van der Waals surface area contributed by atoms with E-state index in [4.69, 9.17) is 11.6 Å². The van der Waals surface area contributed by atoms with E-state index in [0.29, 0.717) is 37.8 Å². The molecule has 1 heterocycles. The lowest BCUT2D eigenvalue weighted by atomic mass is 9.69. The van der Waals surface area contributed by atoms with Gasteiger partial charge < -0.3 is 4.90 Å². The Morgan fingerprint density at radius 3 is 2.09 bits per heavy atom. The van der Waals surface area contributed by atoms with Crippen LogP contribution < -0.4 is 0 Å². The second-order valence-corrected chi connectivity index (χ2v) is 15.3. The van der Waals surface area contributed by atoms with Crippen molar-refractivity contribution in [1.82, 2.24) is 4.90 Å². The monoisotopic (exact) mass is 681 g/mol. The van der Waals surface area contributed by atoms with E-state index in [-0.39, 0.29) is 64.5 Å². The number of rotatable bonds is 5. The fraction of sp³-hybridized carbons (Fsp3) is 0.548. The van der Waals surface area contributed by atoms with E-state index < -0.39 is 49.6 Å². The van der Waals surface area contributed by atoms with Gasteiger partial charge in [-0.15, -0.1) is 0 Å². The van der Waals surface area contributed by atoms with Crippen molar-refractivity contribution in [3.05, 3.63) is 64.2 Å². The number of fused-ring (bicyclic) bond motifs is 3. The van der Waals surface area contributed by atoms with E-state index in [1.54, 1.807) is 6.92 Å². The van der Waals surface area contributed by atoms with E-state index in [1.807, 2.05) is 0 Å². The van der Waals surface area contributed by atoms with Crippen molar-refractivity contribution >= 4 is 33.1 Å². The Balaban J connectivity index is 1.65. The number of ketones is 1. The van der Waals surface area contributed by atoms with Gasteiger partial charge in [0.05, 0.1) is 10.9 Å². The predicted molar refractivity (Wildman–Crippen MR) is 151 cm³/mol. The molecule has 2 fully saturated rings. The molecule has 5 nitrogen and oxygen atoms in total. The summed E-state index contributed by atoms with van der Waals surface area (Å²) in [6.07, 6.45) is -11.4. The largest absolute Gasteiger partial charge is 0.435 e. The number of halogens is 8. The van der Waals surface area contributed by atoms with E-state index in [9.17, 15) is 44.3 Å². The van der Waals surface area contributed by atoms with Gasteiger partial charge >= 0.3 is 18.0 Å². The summed E-state index contributed by atoms with van der Waals surface area (Å²) in [7, 11) is -4.50. The van der Waals surface area contributed by atoms with Crippen molar-refractivity contribution < 1.29 is 48.7 Å². The molecule has 0 spiro atoms. The third-order valence-electron chi connectivity index (χ3n) is 10.1. The van der Waals surface area contributed by atoms with Gasteiger partial charge in [0.25, 0.3) is 0 Å². The zero-order chi connectivity index (χ0) is 33.4. The number of likely N-dealkylation sites (tertiary alicyclic amines) is 1.